The molecule has 3 rings (SSSR count). The third kappa shape index (κ3) is 0.610. The van der Waals surface area contributed by atoms with Crippen LogP contribution in [-0.4, -0.2) is 0 Å². The topological polar surface area (TPSA) is 0 Å². The van der Waals surface area contributed by atoms with Crippen molar-refractivity contribution in [1.29, 1.82) is 0 Å². The molecule has 0 spiro atoms. The Balaban J connectivity index is 2.21. The standard InChI is InChI=1S/C14H20/c1-9-7-10(2)14(4)12-6-5-11(8-12)13(9,14)3/h11-12H,1-2,5-8H2,3-4H3. The van der Waals surface area contributed by atoms with Crippen LogP contribution in [-0.2, 0) is 0 Å². The van der Waals surface area contributed by atoms with E-state index in [2.05, 4.69) is 27.0 Å². The van der Waals surface area contributed by atoms with Crippen LogP contribution < -0.4 is 0 Å². The molecule has 0 aromatic rings. The molecule has 14 heavy (non-hydrogen) atoms. The van der Waals surface area contributed by atoms with E-state index in [0.29, 0.717) is 10.8 Å². The molecule has 0 aromatic carbocycles. The summed E-state index contributed by atoms with van der Waals surface area (Å²) in [5, 5.41) is 0. The molecule has 4 unspecified atom stereocenters. The second-order valence-electron chi connectivity index (χ2n) is 6.00. The van der Waals surface area contributed by atoms with E-state index in [1.54, 1.807) is 0 Å². The van der Waals surface area contributed by atoms with Gasteiger partial charge in [0.05, 0.1) is 0 Å². The van der Waals surface area contributed by atoms with Gasteiger partial charge in [-0.1, -0.05) is 38.2 Å². The highest BCUT2D eigenvalue weighted by molar-refractivity contribution is 5.42. The van der Waals surface area contributed by atoms with Crippen molar-refractivity contribution < 1.29 is 0 Å². The highest BCUT2D eigenvalue weighted by Crippen LogP contribution is 2.75. The monoisotopic (exact) mass is 188 g/mol. The Labute approximate surface area is 87.1 Å². The molecule has 76 valence electrons. The summed E-state index contributed by atoms with van der Waals surface area (Å²) >= 11 is 0. The molecule has 0 aromatic heterocycles. The lowest BCUT2D eigenvalue weighted by molar-refractivity contribution is 0.0979. The van der Waals surface area contributed by atoms with Gasteiger partial charge < -0.3 is 0 Å². The van der Waals surface area contributed by atoms with Crippen molar-refractivity contribution >= 4 is 0 Å². The molecular formula is C14H20. The number of hydrogen-bond donors (Lipinski definition) is 0. The normalized spacial score (nSPS) is 55.6. The summed E-state index contributed by atoms with van der Waals surface area (Å²) in [7, 11) is 0. The summed E-state index contributed by atoms with van der Waals surface area (Å²) in [5.41, 5.74) is 3.73. The predicted molar refractivity (Wildman–Crippen MR) is 59.9 cm³/mol. The van der Waals surface area contributed by atoms with Gasteiger partial charge in [-0.3, -0.25) is 0 Å². The molecule has 3 aliphatic carbocycles. The summed E-state index contributed by atoms with van der Waals surface area (Å²) in [6.07, 6.45) is 5.40. The van der Waals surface area contributed by atoms with Crippen LogP contribution in [0, 0.1) is 22.7 Å². The third-order valence-electron chi connectivity index (χ3n) is 6.04. The Morgan fingerprint density at radius 2 is 1.43 bits per heavy atom. The molecule has 0 aliphatic heterocycles. The molecule has 0 saturated heterocycles. The van der Waals surface area contributed by atoms with Crippen LogP contribution in [0.3, 0.4) is 0 Å². The fraction of sp³-hybridized carbons (Fsp3) is 0.714. The number of hydrogen-bond acceptors (Lipinski definition) is 0. The molecular weight excluding hydrogens is 168 g/mol. The van der Waals surface area contributed by atoms with Crippen molar-refractivity contribution in [3.8, 4) is 0 Å². The van der Waals surface area contributed by atoms with Gasteiger partial charge in [-0.2, -0.15) is 0 Å². The molecule has 3 saturated carbocycles. The summed E-state index contributed by atoms with van der Waals surface area (Å²) in [4.78, 5) is 0. The van der Waals surface area contributed by atoms with Crippen molar-refractivity contribution in [1.82, 2.24) is 0 Å². The Bertz CT molecular complexity index is 306. The van der Waals surface area contributed by atoms with Gasteiger partial charge in [0.15, 0.2) is 0 Å². The second-order valence-corrected chi connectivity index (χ2v) is 6.00. The minimum absolute atomic E-state index is 0.396. The lowest BCUT2D eigenvalue weighted by atomic mass is 9.58. The number of allylic oxidation sites excluding steroid dienone is 2. The molecule has 0 nitrogen and oxygen atoms in total. The maximum Gasteiger partial charge on any atom is 0.000604 e. The van der Waals surface area contributed by atoms with Gasteiger partial charge >= 0.3 is 0 Å². The van der Waals surface area contributed by atoms with Crippen LogP contribution in [0.4, 0.5) is 0 Å². The van der Waals surface area contributed by atoms with Gasteiger partial charge in [-0.05, 0) is 37.5 Å². The van der Waals surface area contributed by atoms with E-state index in [4.69, 9.17) is 0 Å². The van der Waals surface area contributed by atoms with Crippen molar-refractivity contribution in [2.24, 2.45) is 22.7 Å². The van der Waals surface area contributed by atoms with E-state index in [1.807, 2.05) is 0 Å². The first-order valence-electron chi connectivity index (χ1n) is 5.87. The van der Waals surface area contributed by atoms with Gasteiger partial charge in [-0.15, -0.1) is 0 Å². The summed E-state index contributed by atoms with van der Waals surface area (Å²) in [6, 6.07) is 0. The first kappa shape index (κ1) is 8.76. The van der Waals surface area contributed by atoms with E-state index in [0.717, 1.165) is 18.3 Å². The number of rotatable bonds is 0. The first-order chi connectivity index (χ1) is 6.51. The number of fused-ring (bicyclic) bond motifs is 5. The van der Waals surface area contributed by atoms with Crippen LogP contribution in [0.5, 0.6) is 0 Å². The summed E-state index contributed by atoms with van der Waals surface area (Å²) < 4.78 is 0. The average molecular weight is 188 g/mol. The smallest absolute Gasteiger partial charge is 0.000604 e. The highest BCUT2D eigenvalue weighted by Gasteiger charge is 2.67. The SMILES string of the molecule is C=C1CC(=C)C2(C)C3CCC(C3)C12C. The summed E-state index contributed by atoms with van der Waals surface area (Å²) in [5.74, 6) is 1.81. The second kappa shape index (κ2) is 2.18. The Kier molecular flexibility index (Phi) is 1.36. The molecule has 3 aliphatic rings. The molecule has 0 radical (unpaired) electrons. The molecule has 0 amide bonds. The maximum atomic E-state index is 4.32. The quantitative estimate of drug-likeness (QED) is 0.505. The van der Waals surface area contributed by atoms with Crippen LogP contribution >= 0.6 is 0 Å². The minimum Gasteiger partial charge on any atom is -0.0989 e. The first-order valence-corrected chi connectivity index (χ1v) is 5.87. The predicted octanol–water partition coefficient (Wildman–Crippen LogP) is 3.95. The fourth-order valence-corrected chi connectivity index (χ4v) is 4.81. The minimum atomic E-state index is 0.396. The van der Waals surface area contributed by atoms with Crippen LogP contribution in [0.15, 0.2) is 24.3 Å². The van der Waals surface area contributed by atoms with Gasteiger partial charge in [0.25, 0.3) is 0 Å². The van der Waals surface area contributed by atoms with E-state index in [-0.39, 0.29) is 0 Å². The van der Waals surface area contributed by atoms with Crippen molar-refractivity contribution in [2.75, 3.05) is 0 Å². The lowest BCUT2D eigenvalue weighted by Gasteiger charge is -2.46. The van der Waals surface area contributed by atoms with Gasteiger partial charge in [0.2, 0.25) is 0 Å². The molecule has 0 heterocycles. The summed E-state index contributed by atoms with van der Waals surface area (Å²) in [6.45, 7) is 13.6. The van der Waals surface area contributed by atoms with Crippen LogP contribution in [0.25, 0.3) is 0 Å². The van der Waals surface area contributed by atoms with E-state index < -0.39 is 0 Å². The van der Waals surface area contributed by atoms with Gasteiger partial charge in [0.1, 0.15) is 0 Å². The molecule has 2 bridgehead atoms. The third-order valence-corrected chi connectivity index (χ3v) is 6.04. The molecule has 3 fully saturated rings. The molecule has 0 heteroatoms. The Morgan fingerprint density at radius 3 is 1.86 bits per heavy atom. The zero-order valence-electron chi connectivity index (χ0n) is 9.40. The average Bonchev–Trinajstić information content (AvgIpc) is 2.73. The Morgan fingerprint density at radius 1 is 1.00 bits per heavy atom. The zero-order valence-corrected chi connectivity index (χ0v) is 9.40. The maximum absolute atomic E-state index is 4.32. The lowest BCUT2D eigenvalue weighted by Crippen LogP contribution is -2.39. The van der Waals surface area contributed by atoms with Crippen molar-refractivity contribution in [2.45, 2.75) is 39.5 Å². The zero-order chi connectivity index (χ0) is 10.1. The Hall–Kier alpha value is -0.520. The van der Waals surface area contributed by atoms with Crippen LogP contribution in [0.1, 0.15) is 39.5 Å². The van der Waals surface area contributed by atoms with Gasteiger partial charge in [0, 0.05) is 10.8 Å². The highest BCUT2D eigenvalue weighted by atomic mass is 14.7. The van der Waals surface area contributed by atoms with Crippen LogP contribution in [0.2, 0.25) is 0 Å². The van der Waals surface area contributed by atoms with Crippen molar-refractivity contribution in [3.63, 3.8) is 0 Å². The van der Waals surface area contributed by atoms with E-state index in [1.165, 1.54) is 30.4 Å². The fourth-order valence-electron chi connectivity index (χ4n) is 4.81. The van der Waals surface area contributed by atoms with E-state index in [9.17, 15) is 0 Å². The van der Waals surface area contributed by atoms with Crippen molar-refractivity contribution in [3.05, 3.63) is 24.3 Å². The van der Waals surface area contributed by atoms with E-state index >= 15 is 0 Å². The largest absolute Gasteiger partial charge is 0.0989 e. The molecule has 4 atom stereocenters. The molecule has 0 N–H and O–H groups in total. The van der Waals surface area contributed by atoms with Gasteiger partial charge in [-0.25, -0.2) is 0 Å².